The second kappa shape index (κ2) is 13.4. The Kier molecular flexibility index (Phi) is 9.90. The summed E-state index contributed by atoms with van der Waals surface area (Å²) >= 11 is 5.42. The Morgan fingerprint density at radius 3 is 2.62 bits per heavy atom. The Balaban J connectivity index is 1.55. The minimum absolute atomic E-state index is 0.143. The van der Waals surface area contributed by atoms with Crippen molar-refractivity contribution in [3.8, 4) is 11.4 Å². The summed E-state index contributed by atoms with van der Waals surface area (Å²) < 4.78 is 5.49. The molecule has 0 atom stereocenters. The van der Waals surface area contributed by atoms with Gasteiger partial charge in [0.25, 0.3) is 0 Å². The number of nitrogens with zero attached hydrogens (tertiary/aromatic N) is 3. The molecule has 0 bridgehead atoms. The Hall–Kier alpha value is -3.32. The molecule has 40 heavy (non-hydrogen) atoms. The molecule has 0 amide bonds. The molecule has 0 spiro atoms. The zero-order valence-corrected chi connectivity index (χ0v) is 25.0. The molecule has 1 heterocycles. The lowest BCUT2D eigenvalue weighted by Gasteiger charge is -2.23. The van der Waals surface area contributed by atoms with E-state index in [1.165, 1.54) is 30.5 Å². The number of carbonyl (C=O) groups is 1. The van der Waals surface area contributed by atoms with E-state index in [0.717, 1.165) is 51.0 Å². The maximum absolute atomic E-state index is 12.5. The molecule has 0 radical (unpaired) electrons. The largest absolute Gasteiger partial charge is 0.505 e. The van der Waals surface area contributed by atoms with Gasteiger partial charge < -0.3 is 9.84 Å². The molecule has 1 N–H and O–H groups in total. The fourth-order valence-corrected chi connectivity index (χ4v) is 5.23. The number of rotatable bonds is 12. The summed E-state index contributed by atoms with van der Waals surface area (Å²) in [6.07, 6.45) is 14.4. The second-order valence-corrected chi connectivity index (χ2v) is 12.1. The number of allylic oxidation sites excluding steroid dienone is 4. The van der Waals surface area contributed by atoms with E-state index in [9.17, 15) is 9.90 Å². The van der Waals surface area contributed by atoms with Gasteiger partial charge in [-0.05, 0) is 47.6 Å². The van der Waals surface area contributed by atoms with Gasteiger partial charge in [-0.2, -0.15) is 0 Å². The van der Waals surface area contributed by atoms with Crippen LogP contribution >= 0.6 is 12.2 Å². The molecule has 212 valence electrons. The summed E-state index contributed by atoms with van der Waals surface area (Å²) in [4.78, 5) is 14.9. The first-order valence-corrected chi connectivity index (χ1v) is 14.9. The minimum atomic E-state index is -0.320. The summed E-state index contributed by atoms with van der Waals surface area (Å²) in [6, 6.07) is 9.77. The van der Waals surface area contributed by atoms with Crippen molar-refractivity contribution >= 4 is 39.7 Å². The van der Waals surface area contributed by atoms with Crippen LogP contribution < -0.4 is 0 Å². The number of unbranched alkanes of at least 4 members (excludes halogenated alkanes) is 5. The molecule has 1 aromatic heterocycles. The summed E-state index contributed by atoms with van der Waals surface area (Å²) in [5.74, 6) is -0.0504. The van der Waals surface area contributed by atoms with Crippen LogP contribution in [0.4, 0.5) is 0 Å². The van der Waals surface area contributed by atoms with Gasteiger partial charge in [0.05, 0.1) is 6.61 Å². The number of phenols is 1. The lowest BCUT2D eigenvalue weighted by Crippen LogP contribution is -2.14. The van der Waals surface area contributed by atoms with Gasteiger partial charge in [-0.1, -0.05) is 102 Å². The third-order valence-electron chi connectivity index (χ3n) is 7.25. The lowest BCUT2D eigenvalue weighted by atomic mass is 9.84. The molecule has 0 saturated carbocycles. The van der Waals surface area contributed by atoms with E-state index in [2.05, 4.69) is 33.8 Å². The summed E-state index contributed by atoms with van der Waals surface area (Å²) in [7, 11) is 0. The summed E-state index contributed by atoms with van der Waals surface area (Å²) in [6.45, 7) is 8.85. The van der Waals surface area contributed by atoms with Gasteiger partial charge in [0.15, 0.2) is 0 Å². The third kappa shape index (κ3) is 7.45. The molecule has 3 aromatic rings. The van der Waals surface area contributed by atoms with Crippen molar-refractivity contribution in [1.29, 1.82) is 0 Å². The van der Waals surface area contributed by atoms with E-state index >= 15 is 0 Å². The Morgan fingerprint density at radius 2 is 1.88 bits per heavy atom. The highest BCUT2D eigenvalue weighted by Gasteiger charge is 2.24. The van der Waals surface area contributed by atoms with Gasteiger partial charge >= 0.3 is 5.97 Å². The van der Waals surface area contributed by atoms with Gasteiger partial charge in [-0.15, -0.1) is 15.0 Å². The molecular weight excluding hydrogens is 518 g/mol. The van der Waals surface area contributed by atoms with Crippen molar-refractivity contribution in [3.05, 3.63) is 65.3 Å². The van der Waals surface area contributed by atoms with Crippen LogP contribution in [0.15, 0.2) is 48.6 Å². The number of phenolic OH excluding ortho intramolecular Hbond substituents is 1. The maximum atomic E-state index is 12.5. The first-order chi connectivity index (χ1) is 19.2. The number of ether oxygens (including phenoxy) is 1. The van der Waals surface area contributed by atoms with Crippen molar-refractivity contribution in [2.24, 2.45) is 0 Å². The predicted octanol–water partition coefficient (Wildman–Crippen LogP) is 7.97. The van der Waals surface area contributed by atoms with Crippen molar-refractivity contribution in [2.75, 3.05) is 6.61 Å². The molecule has 6 nitrogen and oxygen atoms in total. The molecule has 4 rings (SSSR count). The maximum Gasteiger partial charge on any atom is 0.306 e. The molecule has 2 aromatic carbocycles. The Bertz CT molecular complexity index is 1430. The molecule has 0 saturated heterocycles. The van der Waals surface area contributed by atoms with E-state index < -0.39 is 0 Å². The highest BCUT2D eigenvalue weighted by atomic mass is 32.1. The zero-order chi connectivity index (χ0) is 28.7. The quantitative estimate of drug-likeness (QED) is 0.138. The van der Waals surface area contributed by atoms with Gasteiger partial charge in [-0.3, -0.25) is 4.79 Å². The first-order valence-electron chi connectivity index (χ1n) is 14.5. The first kappa shape index (κ1) is 29.7. The van der Waals surface area contributed by atoms with Gasteiger partial charge in [-0.25, -0.2) is 0 Å². The predicted molar refractivity (Wildman–Crippen MR) is 166 cm³/mol. The highest BCUT2D eigenvalue weighted by molar-refractivity contribution is 7.80. The van der Waals surface area contributed by atoms with E-state index in [1.54, 1.807) is 0 Å². The highest BCUT2D eigenvalue weighted by Crippen LogP contribution is 2.37. The van der Waals surface area contributed by atoms with Crippen LogP contribution in [0.25, 0.3) is 22.3 Å². The molecule has 0 unspecified atom stereocenters. The summed E-state index contributed by atoms with van der Waals surface area (Å²) in [5, 5.41) is 20.9. The standard InChI is InChI=1S/C33H41N3O3S/c1-5-6-7-8-9-10-19-39-30(37)18-17-23-20-27(33(2,3)4)32(38)29(21-23)36-34-28-16-12-15-26(31(28)35-36)24-13-11-14-25(40)22-24/h11-16,20-21,38H,5-10,17-19,22H2,1-4H3. The van der Waals surface area contributed by atoms with Crippen LogP contribution in [-0.2, 0) is 21.4 Å². The van der Waals surface area contributed by atoms with Crippen LogP contribution in [0.2, 0.25) is 0 Å². The Labute approximate surface area is 243 Å². The van der Waals surface area contributed by atoms with E-state index in [4.69, 9.17) is 27.2 Å². The van der Waals surface area contributed by atoms with E-state index in [1.807, 2.05) is 42.5 Å². The number of hydrogen-bond acceptors (Lipinski definition) is 6. The van der Waals surface area contributed by atoms with Crippen molar-refractivity contribution in [1.82, 2.24) is 15.0 Å². The number of thiocarbonyl (C=S) groups is 1. The van der Waals surface area contributed by atoms with Gasteiger partial charge in [0, 0.05) is 28.8 Å². The van der Waals surface area contributed by atoms with Crippen LogP contribution in [0.5, 0.6) is 5.75 Å². The SMILES string of the molecule is CCCCCCCCOC(=O)CCc1cc(-n2nc3cccc(C4=CC=CC(=S)C4)c3n2)c(O)c(C(C)(C)C)c1. The van der Waals surface area contributed by atoms with Gasteiger partial charge in [0.2, 0.25) is 0 Å². The van der Waals surface area contributed by atoms with Crippen molar-refractivity contribution in [3.63, 3.8) is 0 Å². The number of esters is 1. The second-order valence-electron chi connectivity index (χ2n) is 11.6. The third-order valence-corrected chi connectivity index (χ3v) is 7.53. The minimum Gasteiger partial charge on any atom is -0.505 e. The van der Waals surface area contributed by atoms with Crippen LogP contribution in [0.1, 0.15) is 95.8 Å². The van der Waals surface area contributed by atoms with Crippen molar-refractivity contribution in [2.45, 2.75) is 90.9 Å². The van der Waals surface area contributed by atoms with Crippen LogP contribution in [-0.4, -0.2) is 37.5 Å². The molecule has 0 aliphatic heterocycles. The molecule has 1 aliphatic rings. The average molecular weight is 560 g/mol. The zero-order valence-electron chi connectivity index (χ0n) is 24.2. The number of benzene rings is 2. The average Bonchev–Trinajstić information content (AvgIpc) is 3.35. The molecule has 0 fully saturated rings. The van der Waals surface area contributed by atoms with E-state index in [0.29, 0.717) is 25.1 Å². The monoisotopic (exact) mass is 559 g/mol. The molecule has 1 aliphatic carbocycles. The number of fused-ring (bicyclic) bond motifs is 1. The van der Waals surface area contributed by atoms with Gasteiger partial charge in [0.1, 0.15) is 22.5 Å². The normalized spacial score (nSPS) is 13.6. The number of aromatic hydroxyl groups is 1. The number of hydrogen-bond donors (Lipinski definition) is 1. The fraction of sp³-hybridized carbons (Fsp3) is 0.455. The topological polar surface area (TPSA) is 77.2 Å². The lowest BCUT2D eigenvalue weighted by molar-refractivity contribution is -0.143. The van der Waals surface area contributed by atoms with Crippen LogP contribution in [0, 0.1) is 0 Å². The number of carbonyl (C=O) groups excluding carboxylic acids is 1. The Morgan fingerprint density at radius 1 is 1.10 bits per heavy atom. The fourth-order valence-electron chi connectivity index (χ4n) is 5.00. The number of aromatic nitrogens is 3. The van der Waals surface area contributed by atoms with Crippen molar-refractivity contribution < 1.29 is 14.6 Å². The summed E-state index contributed by atoms with van der Waals surface area (Å²) in [5.41, 5.74) is 5.46. The molecule has 7 heteroatoms. The smallest absolute Gasteiger partial charge is 0.306 e. The van der Waals surface area contributed by atoms with Crippen LogP contribution in [0.3, 0.4) is 0 Å². The van der Waals surface area contributed by atoms with E-state index in [-0.39, 0.29) is 23.6 Å². The molecular formula is C33H41N3O3S. The number of aryl methyl sites for hydroxylation is 1.